The Morgan fingerprint density at radius 2 is 1.00 bits per heavy atom. The van der Waals surface area contributed by atoms with Crippen LogP contribution >= 0.6 is 13.5 Å². The highest BCUT2D eigenvalue weighted by Crippen LogP contribution is 2.09. The second-order valence-electron chi connectivity index (χ2n) is 5.73. The molecule has 0 unspecified atom stereocenters. The fourth-order valence-electron chi connectivity index (χ4n) is 2.39. The van der Waals surface area contributed by atoms with E-state index in [4.69, 9.17) is 5.73 Å². The molecular weight excluding hydrogens is 262 g/mol. The minimum Gasteiger partial charge on any atom is -0.330 e. The predicted molar refractivity (Wildman–Crippen MR) is 98.9 cm³/mol. The maximum absolute atomic E-state index is 5.47. The van der Waals surface area contributed by atoms with E-state index in [1.807, 2.05) is 0 Å². The van der Waals surface area contributed by atoms with Crippen molar-refractivity contribution in [1.29, 1.82) is 0 Å². The van der Waals surface area contributed by atoms with Crippen LogP contribution in [-0.2, 0) is 0 Å². The van der Waals surface area contributed by atoms with Gasteiger partial charge in [0, 0.05) is 0 Å². The van der Waals surface area contributed by atoms with Gasteiger partial charge in [0.2, 0.25) is 0 Å². The zero-order valence-corrected chi connectivity index (χ0v) is 14.8. The van der Waals surface area contributed by atoms with E-state index in [0.717, 1.165) is 6.54 Å². The lowest BCUT2D eigenvalue weighted by atomic mass is 10.1. The largest absolute Gasteiger partial charge is 0.330 e. The summed E-state index contributed by atoms with van der Waals surface area (Å²) in [6.07, 6.45) is 23.9. The first kappa shape index (κ1) is 22.3. The second kappa shape index (κ2) is 21.4. The van der Waals surface area contributed by atoms with E-state index < -0.39 is 0 Å². The Morgan fingerprint density at radius 1 is 0.600 bits per heavy atom. The SMILES string of the molecule is CCCCCCCCC=CCCCCCCCCN.S. The van der Waals surface area contributed by atoms with Gasteiger partial charge in [-0.15, -0.1) is 0 Å². The molecule has 0 saturated heterocycles. The Labute approximate surface area is 135 Å². The molecule has 0 heterocycles. The molecule has 0 aromatic carbocycles. The van der Waals surface area contributed by atoms with E-state index >= 15 is 0 Å². The summed E-state index contributed by atoms with van der Waals surface area (Å²) in [7, 11) is 0. The normalized spacial score (nSPS) is 10.9. The van der Waals surface area contributed by atoms with Crippen LogP contribution in [0, 0.1) is 0 Å². The Morgan fingerprint density at radius 3 is 1.45 bits per heavy atom. The lowest BCUT2D eigenvalue weighted by Gasteiger charge is -1.99. The highest BCUT2D eigenvalue weighted by Gasteiger charge is 1.90. The highest BCUT2D eigenvalue weighted by molar-refractivity contribution is 7.59. The van der Waals surface area contributed by atoms with Gasteiger partial charge in [-0.3, -0.25) is 0 Å². The number of hydrogen-bond donors (Lipinski definition) is 1. The number of rotatable bonds is 15. The maximum Gasteiger partial charge on any atom is -0.00773 e. The van der Waals surface area contributed by atoms with Crippen LogP contribution in [0.2, 0.25) is 0 Å². The van der Waals surface area contributed by atoms with Crippen LogP contribution in [-0.4, -0.2) is 6.54 Å². The summed E-state index contributed by atoms with van der Waals surface area (Å²) < 4.78 is 0. The van der Waals surface area contributed by atoms with Gasteiger partial charge in [-0.05, 0) is 38.6 Å². The Kier molecular flexibility index (Phi) is 23.8. The monoisotopic (exact) mass is 301 g/mol. The number of unbranched alkanes of at least 4 members (excludes halogenated alkanes) is 12. The molecule has 0 aliphatic rings. The third-order valence-electron chi connectivity index (χ3n) is 3.72. The van der Waals surface area contributed by atoms with Crippen molar-refractivity contribution in [2.75, 3.05) is 6.54 Å². The maximum atomic E-state index is 5.47. The molecule has 0 fully saturated rings. The second-order valence-corrected chi connectivity index (χ2v) is 5.73. The lowest BCUT2D eigenvalue weighted by Crippen LogP contribution is -1.97. The molecule has 0 radical (unpaired) electrons. The van der Waals surface area contributed by atoms with Gasteiger partial charge in [-0.1, -0.05) is 76.9 Å². The number of nitrogens with two attached hydrogens (primary N) is 1. The molecule has 20 heavy (non-hydrogen) atoms. The fourth-order valence-corrected chi connectivity index (χ4v) is 2.39. The van der Waals surface area contributed by atoms with E-state index in [1.165, 1.54) is 89.9 Å². The zero-order chi connectivity index (χ0) is 14.0. The third-order valence-corrected chi connectivity index (χ3v) is 3.72. The van der Waals surface area contributed by atoms with E-state index in [9.17, 15) is 0 Å². The average molecular weight is 302 g/mol. The van der Waals surface area contributed by atoms with Gasteiger partial charge < -0.3 is 5.73 Å². The van der Waals surface area contributed by atoms with Crippen molar-refractivity contribution >= 4 is 13.5 Å². The molecule has 0 aliphatic heterocycles. The van der Waals surface area contributed by atoms with Crippen LogP contribution in [0.25, 0.3) is 0 Å². The summed E-state index contributed by atoms with van der Waals surface area (Å²) >= 11 is 0. The van der Waals surface area contributed by atoms with E-state index in [0.29, 0.717) is 0 Å². The first-order chi connectivity index (χ1) is 9.41. The van der Waals surface area contributed by atoms with Crippen LogP contribution in [0.5, 0.6) is 0 Å². The molecule has 0 atom stereocenters. The molecule has 1 nitrogen and oxygen atoms in total. The lowest BCUT2D eigenvalue weighted by molar-refractivity contribution is 0.599. The van der Waals surface area contributed by atoms with Crippen LogP contribution in [0.1, 0.15) is 96.8 Å². The van der Waals surface area contributed by atoms with Crippen LogP contribution in [0.3, 0.4) is 0 Å². The molecule has 0 aliphatic carbocycles. The van der Waals surface area contributed by atoms with Gasteiger partial charge in [-0.2, -0.15) is 13.5 Å². The van der Waals surface area contributed by atoms with Crippen molar-refractivity contribution in [2.45, 2.75) is 96.8 Å². The summed E-state index contributed by atoms with van der Waals surface area (Å²) in [6.45, 7) is 3.14. The summed E-state index contributed by atoms with van der Waals surface area (Å²) in [6, 6.07) is 0. The van der Waals surface area contributed by atoms with Gasteiger partial charge in [0.05, 0.1) is 0 Å². The molecule has 122 valence electrons. The van der Waals surface area contributed by atoms with E-state index in [-0.39, 0.29) is 13.5 Å². The minimum atomic E-state index is 0. The van der Waals surface area contributed by atoms with Crippen molar-refractivity contribution in [3.8, 4) is 0 Å². The molecule has 2 N–H and O–H groups in total. The van der Waals surface area contributed by atoms with Crippen molar-refractivity contribution in [1.82, 2.24) is 0 Å². The molecule has 2 heteroatoms. The molecule has 0 bridgehead atoms. The Bertz CT molecular complexity index is 180. The van der Waals surface area contributed by atoms with Crippen molar-refractivity contribution < 1.29 is 0 Å². The fraction of sp³-hybridized carbons (Fsp3) is 0.889. The van der Waals surface area contributed by atoms with Gasteiger partial charge >= 0.3 is 0 Å². The minimum absolute atomic E-state index is 0. The third kappa shape index (κ3) is 20.4. The summed E-state index contributed by atoms with van der Waals surface area (Å²) in [5, 5.41) is 0. The van der Waals surface area contributed by atoms with Gasteiger partial charge in [0.15, 0.2) is 0 Å². The molecule has 0 saturated carbocycles. The molecular formula is C18H39NS. The molecule has 0 spiro atoms. The topological polar surface area (TPSA) is 26.0 Å². The predicted octanol–water partition coefficient (Wildman–Crippen LogP) is 6.10. The molecule has 0 rings (SSSR count). The van der Waals surface area contributed by atoms with E-state index in [2.05, 4.69) is 19.1 Å². The first-order valence-electron chi connectivity index (χ1n) is 8.77. The van der Waals surface area contributed by atoms with Crippen molar-refractivity contribution in [3.63, 3.8) is 0 Å². The van der Waals surface area contributed by atoms with Crippen LogP contribution < -0.4 is 5.73 Å². The van der Waals surface area contributed by atoms with Crippen LogP contribution in [0.4, 0.5) is 0 Å². The molecule has 0 aromatic heterocycles. The molecule has 0 amide bonds. The number of hydrogen-bond acceptors (Lipinski definition) is 1. The van der Waals surface area contributed by atoms with Gasteiger partial charge in [-0.25, -0.2) is 0 Å². The van der Waals surface area contributed by atoms with Gasteiger partial charge in [0.25, 0.3) is 0 Å². The quantitative estimate of drug-likeness (QED) is 0.287. The average Bonchev–Trinajstić information content (AvgIpc) is 2.43. The van der Waals surface area contributed by atoms with Crippen LogP contribution in [0.15, 0.2) is 12.2 Å². The smallest absolute Gasteiger partial charge is 0.00773 e. The number of allylic oxidation sites excluding steroid dienone is 2. The Balaban J connectivity index is 0. The summed E-state index contributed by atoms with van der Waals surface area (Å²) in [5.74, 6) is 0. The first-order valence-corrected chi connectivity index (χ1v) is 8.77. The van der Waals surface area contributed by atoms with E-state index in [1.54, 1.807) is 0 Å². The van der Waals surface area contributed by atoms with Gasteiger partial charge in [0.1, 0.15) is 0 Å². The summed E-state index contributed by atoms with van der Waals surface area (Å²) in [5.41, 5.74) is 5.47. The summed E-state index contributed by atoms with van der Waals surface area (Å²) in [4.78, 5) is 0. The standard InChI is InChI=1S/C18H37N.H2S/c1-2-3-4-5-6-7-8-9-10-11-12-13-14-15-16-17-18-19;/h9-10H,2-8,11-19H2,1H3;1H2. The Hall–Kier alpha value is 0.0500. The zero-order valence-electron chi connectivity index (χ0n) is 13.8. The van der Waals surface area contributed by atoms with Crippen molar-refractivity contribution in [2.24, 2.45) is 5.73 Å². The van der Waals surface area contributed by atoms with Crippen molar-refractivity contribution in [3.05, 3.63) is 12.2 Å². The highest BCUT2D eigenvalue weighted by atomic mass is 32.1. The molecule has 0 aromatic rings.